The highest BCUT2D eigenvalue weighted by Crippen LogP contribution is 2.20. The van der Waals surface area contributed by atoms with E-state index in [1.807, 2.05) is 38.1 Å². The van der Waals surface area contributed by atoms with E-state index in [0.29, 0.717) is 22.6 Å². The highest BCUT2D eigenvalue weighted by Gasteiger charge is 2.12. The van der Waals surface area contributed by atoms with Gasteiger partial charge in [0, 0.05) is 10.2 Å². The van der Waals surface area contributed by atoms with Gasteiger partial charge in [0.25, 0.3) is 5.91 Å². The molecule has 5 nitrogen and oxygen atoms in total. The van der Waals surface area contributed by atoms with Crippen LogP contribution in [-0.2, 0) is 4.79 Å². The van der Waals surface area contributed by atoms with Gasteiger partial charge >= 0.3 is 5.97 Å². The molecule has 0 unspecified atom stereocenters. The molecule has 0 atom stereocenters. The van der Waals surface area contributed by atoms with Gasteiger partial charge in [-0.1, -0.05) is 40.2 Å². The second kappa shape index (κ2) is 9.88. The first kappa shape index (κ1) is 22.0. The third kappa shape index (κ3) is 5.91. The number of hydrogen-bond acceptors (Lipinski definition) is 4. The first-order chi connectivity index (χ1) is 14.9. The number of nitrogens with zero attached hydrogens (tertiary/aromatic N) is 1. The summed E-state index contributed by atoms with van der Waals surface area (Å²) in [6, 6.07) is 21.1. The fourth-order valence-corrected chi connectivity index (χ4v) is 3.02. The number of aryl methyl sites for hydroxylation is 2. The second-order valence-electron chi connectivity index (χ2n) is 6.91. The minimum atomic E-state index is -0.484. The number of halogens is 1. The van der Waals surface area contributed by atoms with Crippen molar-refractivity contribution in [1.29, 1.82) is 5.26 Å². The molecule has 6 heteroatoms. The molecule has 0 saturated heterocycles. The molecule has 0 radical (unpaired) electrons. The van der Waals surface area contributed by atoms with E-state index in [2.05, 4.69) is 21.2 Å². The quantitative estimate of drug-likeness (QED) is 0.218. The summed E-state index contributed by atoms with van der Waals surface area (Å²) < 4.78 is 6.23. The van der Waals surface area contributed by atoms with Crippen molar-refractivity contribution in [3.63, 3.8) is 0 Å². The lowest BCUT2D eigenvalue weighted by atomic mass is 10.1. The van der Waals surface area contributed by atoms with Crippen molar-refractivity contribution in [2.45, 2.75) is 13.8 Å². The van der Waals surface area contributed by atoms with Gasteiger partial charge in [-0.25, -0.2) is 4.79 Å². The summed E-state index contributed by atoms with van der Waals surface area (Å²) in [6.45, 7) is 3.82. The average molecular weight is 475 g/mol. The Hall–Kier alpha value is -3.69. The van der Waals surface area contributed by atoms with E-state index < -0.39 is 11.9 Å². The van der Waals surface area contributed by atoms with Crippen molar-refractivity contribution >= 4 is 39.6 Å². The van der Waals surface area contributed by atoms with Gasteiger partial charge in [0.15, 0.2) is 0 Å². The predicted octanol–water partition coefficient (Wildman–Crippen LogP) is 5.83. The van der Waals surface area contributed by atoms with Crippen LogP contribution in [0.15, 0.2) is 76.8 Å². The summed E-state index contributed by atoms with van der Waals surface area (Å²) in [5, 5.41) is 12.2. The summed E-state index contributed by atoms with van der Waals surface area (Å²) in [7, 11) is 0. The number of carbonyl (C=O) groups excluding carboxylic acids is 2. The minimum absolute atomic E-state index is 0.0273. The molecule has 3 aromatic carbocycles. The first-order valence-electron chi connectivity index (χ1n) is 9.44. The van der Waals surface area contributed by atoms with Crippen LogP contribution in [0.5, 0.6) is 5.75 Å². The van der Waals surface area contributed by atoms with Crippen LogP contribution in [0.25, 0.3) is 6.08 Å². The van der Waals surface area contributed by atoms with Crippen molar-refractivity contribution in [1.82, 2.24) is 0 Å². The molecule has 31 heavy (non-hydrogen) atoms. The number of benzene rings is 3. The van der Waals surface area contributed by atoms with Crippen molar-refractivity contribution in [3.8, 4) is 11.8 Å². The van der Waals surface area contributed by atoms with Crippen LogP contribution in [0.4, 0.5) is 5.69 Å². The Labute approximate surface area is 189 Å². The molecule has 1 N–H and O–H groups in total. The van der Waals surface area contributed by atoms with Gasteiger partial charge in [0.2, 0.25) is 0 Å². The number of rotatable bonds is 5. The Morgan fingerprint density at radius 3 is 2.32 bits per heavy atom. The molecule has 0 fully saturated rings. The van der Waals surface area contributed by atoms with E-state index in [4.69, 9.17) is 4.74 Å². The molecular formula is C25H19BrN2O3. The summed E-state index contributed by atoms with van der Waals surface area (Å²) in [5.41, 5.74) is 3.63. The van der Waals surface area contributed by atoms with E-state index in [1.165, 1.54) is 6.08 Å². The fourth-order valence-electron chi connectivity index (χ4n) is 2.76. The molecule has 3 aromatic rings. The summed E-state index contributed by atoms with van der Waals surface area (Å²) in [6.07, 6.45) is 1.49. The molecule has 0 spiro atoms. The zero-order valence-electron chi connectivity index (χ0n) is 17.0. The Bertz CT molecular complexity index is 1190. The van der Waals surface area contributed by atoms with E-state index in [0.717, 1.165) is 15.6 Å². The second-order valence-corrected chi connectivity index (χ2v) is 7.82. The zero-order chi connectivity index (χ0) is 22.4. The number of ether oxygens (including phenoxy) is 1. The molecular weight excluding hydrogens is 456 g/mol. The number of anilines is 1. The van der Waals surface area contributed by atoms with Gasteiger partial charge in [0.1, 0.15) is 17.4 Å². The van der Waals surface area contributed by atoms with Crippen molar-refractivity contribution < 1.29 is 14.3 Å². The molecule has 0 aliphatic rings. The predicted molar refractivity (Wildman–Crippen MR) is 124 cm³/mol. The maximum absolute atomic E-state index is 12.5. The minimum Gasteiger partial charge on any atom is -0.423 e. The summed E-state index contributed by atoms with van der Waals surface area (Å²) >= 11 is 3.32. The van der Waals surface area contributed by atoms with Gasteiger partial charge in [-0.2, -0.15) is 5.26 Å². The Morgan fingerprint density at radius 2 is 1.68 bits per heavy atom. The molecule has 1 amide bonds. The van der Waals surface area contributed by atoms with Crippen LogP contribution in [0, 0.1) is 25.2 Å². The van der Waals surface area contributed by atoms with Crippen molar-refractivity contribution in [2.24, 2.45) is 0 Å². The average Bonchev–Trinajstić information content (AvgIpc) is 2.76. The van der Waals surface area contributed by atoms with Crippen LogP contribution < -0.4 is 10.1 Å². The van der Waals surface area contributed by atoms with Crippen LogP contribution in [0.3, 0.4) is 0 Å². The SMILES string of the molecule is Cc1ccc(C)c(NC(=O)C(C#N)=Cc2ccc(OC(=O)c3ccc(Br)cc3)cc2)c1. The van der Waals surface area contributed by atoms with Gasteiger partial charge in [-0.3, -0.25) is 4.79 Å². The van der Waals surface area contributed by atoms with Crippen molar-refractivity contribution in [3.05, 3.63) is 99.0 Å². The Morgan fingerprint density at radius 1 is 1.00 bits per heavy atom. The highest BCUT2D eigenvalue weighted by molar-refractivity contribution is 9.10. The lowest BCUT2D eigenvalue weighted by Crippen LogP contribution is -2.14. The summed E-state index contributed by atoms with van der Waals surface area (Å²) in [5.74, 6) is -0.591. The number of nitriles is 1. The largest absolute Gasteiger partial charge is 0.423 e. The summed E-state index contributed by atoms with van der Waals surface area (Å²) in [4.78, 5) is 24.7. The number of amides is 1. The lowest BCUT2D eigenvalue weighted by Gasteiger charge is -2.09. The number of esters is 1. The smallest absolute Gasteiger partial charge is 0.343 e. The van der Waals surface area contributed by atoms with Crippen LogP contribution in [-0.4, -0.2) is 11.9 Å². The fraction of sp³-hybridized carbons (Fsp3) is 0.0800. The van der Waals surface area contributed by atoms with Gasteiger partial charge in [-0.05, 0) is 79.1 Å². The molecule has 154 valence electrons. The maximum atomic E-state index is 12.5. The van der Waals surface area contributed by atoms with Gasteiger partial charge in [0.05, 0.1) is 5.56 Å². The van der Waals surface area contributed by atoms with Gasteiger partial charge in [-0.15, -0.1) is 0 Å². The normalized spacial score (nSPS) is 10.8. The number of carbonyl (C=O) groups is 2. The molecule has 0 bridgehead atoms. The Balaban J connectivity index is 1.70. The number of nitrogens with one attached hydrogen (secondary N) is 1. The van der Waals surface area contributed by atoms with Crippen molar-refractivity contribution in [2.75, 3.05) is 5.32 Å². The Kier molecular flexibility index (Phi) is 7.01. The molecule has 0 aromatic heterocycles. The zero-order valence-corrected chi connectivity index (χ0v) is 18.6. The molecule has 0 aliphatic carbocycles. The topological polar surface area (TPSA) is 79.2 Å². The van der Waals surface area contributed by atoms with Crippen LogP contribution in [0.2, 0.25) is 0 Å². The lowest BCUT2D eigenvalue weighted by molar-refractivity contribution is -0.112. The molecule has 0 aliphatic heterocycles. The molecule has 0 saturated carbocycles. The van der Waals surface area contributed by atoms with E-state index in [-0.39, 0.29) is 5.57 Å². The van der Waals surface area contributed by atoms with Gasteiger partial charge < -0.3 is 10.1 Å². The van der Waals surface area contributed by atoms with Crippen LogP contribution in [0.1, 0.15) is 27.0 Å². The standard InChI is InChI=1S/C25H19BrN2O3/c1-16-3-4-17(2)23(13-16)28-24(29)20(15-27)14-18-5-11-22(12-6-18)31-25(30)19-7-9-21(26)10-8-19/h3-14H,1-2H3,(H,28,29). The molecule has 0 heterocycles. The monoisotopic (exact) mass is 474 g/mol. The molecule has 3 rings (SSSR count). The van der Waals surface area contributed by atoms with E-state index >= 15 is 0 Å². The highest BCUT2D eigenvalue weighted by atomic mass is 79.9. The third-order valence-corrected chi connectivity index (χ3v) is 5.02. The third-order valence-electron chi connectivity index (χ3n) is 4.49. The first-order valence-corrected chi connectivity index (χ1v) is 10.2. The van der Waals surface area contributed by atoms with E-state index in [1.54, 1.807) is 48.5 Å². The number of hydrogen-bond donors (Lipinski definition) is 1. The van der Waals surface area contributed by atoms with E-state index in [9.17, 15) is 14.9 Å². The van der Waals surface area contributed by atoms with Crippen LogP contribution >= 0.6 is 15.9 Å². The maximum Gasteiger partial charge on any atom is 0.343 e.